The fraction of sp³-hybridized carbons (Fsp3) is 0.200. The first-order valence-electron chi connectivity index (χ1n) is 9.28. The number of rotatable bonds is 3. The van der Waals surface area contributed by atoms with E-state index < -0.39 is 29.4 Å². The van der Waals surface area contributed by atoms with Gasteiger partial charge in [-0.1, -0.05) is 11.6 Å². The first-order chi connectivity index (χ1) is 15.4. The average molecular weight is 483 g/mol. The first-order valence-corrected chi connectivity index (χ1v) is 9.66. The highest BCUT2D eigenvalue weighted by molar-refractivity contribution is 6.32. The van der Waals surface area contributed by atoms with Gasteiger partial charge in [0, 0.05) is 24.8 Å². The smallest absolute Gasteiger partial charge is 0.401 e. The number of halogens is 5. The molecule has 1 aromatic carbocycles. The summed E-state index contributed by atoms with van der Waals surface area (Å²) in [6.07, 6.45) is -2.55. The number of aryl methyl sites for hydroxylation is 1. The van der Waals surface area contributed by atoms with Crippen LogP contribution in [0.2, 0.25) is 5.02 Å². The maximum absolute atomic E-state index is 14.1. The van der Waals surface area contributed by atoms with Gasteiger partial charge in [-0.15, -0.1) is 8.78 Å². The van der Waals surface area contributed by atoms with E-state index in [1.807, 2.05) is 0 Å². The zero-order chi connectivity index (χ0) is 23.7. The zero-order valence-electron chi connectivity index (χ0n) is 16.7. The van der Waals surface area contributed by atoms with Gasteiger partial charge in [-0.05, 0) is 25.1 Å². The third-order valence-corrected chi connectivity index (χ3v) is 5.14. The number of fused-ring (bicyclic) bond motifs is 2. The van der Waals surface area contributed by atoms with Gasteiger partial charge >= 0.3 is 11.9 Å². The Morgan fingerprint density at radius 2 is 1.97 bits per heavy atom. The molecule has 8 nitrogen and oxygen atoms in total. The normalized spacial score (nSPS) is 14.8. The van der Waals surface area contributed by atoms with E-state index in [0.29, 0.717) is 6.92 Å². The van der Waals surface area contributed by atoms with Crippen LogP contribution in [0.4, 0.5) is 17.6 Å². The van der Waals surface area contributed by atoms with E-state index in [4.69, 9.17) is 16.0 Å². The molecule has 4 aromatic rings. The lowest BCUT2D eigenvalue weighted by molar-refractivity contribution is -0.286. The molecule has 3 aromatic heterocycles. The summed E-state index contributed by atoms with van der Waals surface area (Å²) in [5.74, 6) is -4.45. The summed E-state index contributed by atoms with van der Waals surface area (Å²) < 4.78 is 70.3. The first kappa shape index (κ1) is 21.2. The van der Waals surface area contributed by atoms with Gasteiger partial charge in [-0.3, -0.25) is 0 Å². The summed E-state index contributed by atoms with van der Waals surface area (Å²) >= 11 is 6.16. The van der Waals surface area contributed by atoms with Crippen LogP contribution in [0.5, 0.6) is 11.5 Å². The molecule has 0 radical (unpaired) electrons. The summed E-state index contributed by atoms with van der Waals surface area (Å²) in [5.41, 5.74) is -1.77. The number of nitrogens with zero attached hydrogens (tertiary/aromatic N) is 4. The van der Waals surface area contributed by atoms with Crippen molar-refractivity contribution in [2.24, 2.45) is 0 Å². The monoisotopic (exact) mass is 482 g/mol. The molecular formula is C20H11ClF4N4O4. The quantitative estimate of drug-likeness (QED) is 0.386. The number of hydrogen-bond acceptors (Lipinski definition) is 7. The number of ether oxygens (including phenoxy) is 2. The molecule has 0 bridgehead atoms. The molecule has 0 saturated carbocycles. The van der Waals surface area contributed by atoms with Crippen molar-refractivity contribution in [2.45, 2.75) is 26.1 Å². The van der Waals surface area contributed by atoms with Crippen LogP contribution >= 0.6 is 11.6 Å². The molecular weight excluding hydrogens is 472 g/mol. The van der Waals surface area contributed by atoms with Gasteiger partial charge in [-0.2, -0.15) is 13.9 Å². The molecule has 5 rings (SSSR count). The van der Waals surface area contributed by atoms with Crippen LogP contribution in [0, 0.1) is 6.92 Å². The molecule has 1 aliphatic heterocycles. The topological polar surface area (TPSA) is 92.3 Å². The fourth-order valence-corrected chi connectivity index (χ4v) is 3.55. The minimum Gasteiger partial charge on any atom is -0.401 e. The van der Waals surface area contributed by atoms with Gasteiger partial charge in [0.25, 0.3) is 5.92 Å². The van der Waals surface area contributed by atoms with Crippen LogP contribution in [-0.2, 0) is 5.92 Å². The van der Waals surface area contributed by atoms with Crippen LogP contribution in [0.1, 0.15) is 18.2 Å². The molecule has 13 heteroatoms. The van der Waals surface area contributed by atoms with Gasteiger partial charge in [0.15, 0.2) is 17.3 Å². The number of pyridine rings is 1. The van der Waals surface area contributed by atoms with Gasteiger partial charge in [0.2, 0.25) is 5.89 Å². The Bertz CT molecular complexity index is 1500. The van der Waals surface area contributed by atoms with E-state index in [9.17, 15) is 22.4 Å². The molecule has 0 atom stereocenters. The SMILES string of the molecule is Cc1c2c(cc3c(=O)oc(-c4cc(C(C)(F)F)nn4-c4ncccc4Cl)nc13)OC(F)(F)O2. The number of hydrogen-bond donors (Lipinski definition) is 0. The third kappa shape index (κ3) is 3.46. The van der Waals surface area contributed by atoms with Crippen molar-refractivity contribution < 1.29 is 31.5 Å². The molecule has 1 aliphatic rings. The van der Waals surface area contributed by atoms with Crippen LogP contribution in [0.15, 0.2) is 39.7 Å². The highest BCUT2D eigenvalue weighted by Crippen LogP contribution is 2.45. The third-order valence-electron chi connectivity index (χ3n) is 4.84. The molecule has 33 heavy (non-hydrogen) atoms. The van der Waals surface area contributed by atoms with Gasteiger partial charge < -0.3 is 13.9 Å². The largest absolute Gasteiger partial charge is 0.586 e. The Morgan fingerprint density at radius 3 is 2.67 bits per heavy atom. The highest BCUT2D eigenvalue weighted by atomic mass is 35.5. The summed E-state index contributed by atoms with van der Waals surface area (Å²) in [5, 5.41) is 3.79. The Morgan fingerprint density at radius 1 is 1.21 bits per heavy atom. The van der Waals surface area contributed by atoms with Crippen molar-refractivity contribution in [3.63, 3.8) is 0 Å². The Hall–Kier alpha value is -3.67. The molecule has 170 valence electrons. The fourth-order valence-electron chi connectivity index (χ4n) is 3.35. The Kier molecular flexibility index (Phi) is 4.44. The second kappa shape index (κ2) is 6.91. The van der Waals surface area contributed by atoms with E-state index in [1.165, 1.54) is 25.3 Å². The molecule has 0 N–H and O–H groups in total. The van der Waals surface area contributed by atoms with Crippen LogP contribution in [-0.4, -0.2) is 26.0 Å². The molecule has 0 aliphatic carbocycles. The van der Waals surface area contributed by atoms with Gasteiger partial charge in [0.1, 0.15) is 11.4 Å². The molecule has 4 heterocycles. The van der Waals surface area contributed by atoms with Crippen molar-refractivity contribution >= 4 is 22.5 Å². The van der Waals surface area contributed by atoms with Crippen molar-refractivity contribution in [2.75, 3.05) is 0 Å². The van der Waals surface area contributed by atoms with Gasteiger partial charge in [-0.25, -0.2) is 19.4 Å². The second-order valence-electron chi connectivity index (χ2n) is 7.22. The lowest BCUT2D eigenvalue weighted by atomic mass is 10.1. The zero-order valence-corrected chi connectivity index (χ0v) is 17.5. The predicted molar refractivity (Wildman–Crippen MR) is 106 cm³/mol. The molecule has 0 saturated heterocycles. The Labute approximate surface area is 186 Å². The summed E-state index contributed by atoms with van der Waals surface area (Å²) in [6.45, 7) is 2.03. The number of benzene rings is 1. The number of aromatic nitrogens is 4. The number of alkyl halides is 4. The maximum Gasteiger partial charge on any atom is 0.586 e. The van der Waals surface area contributed by atoms with Crippen molar-refractivity contribution in [3.8, 4) is 28.9 Å². The molecule has 0 unspecified atom stereocenters. The maximum atomic E-state index is 14.1. The standard InChI is InChI=1S/C20H11ClF4N4O4/c1-8-14-9(6-12-15(8)33-20(24,25)32-12)18(30)31-17(27-14)11-7-13(19(2,22)23)28-29(11)16-10(21)4-3-5-26-16/h3-7H,1-2H3. The van der Waals surface area contributed by atoms with Crippen molar-refractivity contribution in [1.82, 2.24) is 19.7 Å². The summed E-state index contributed by atoms with van der Waals surface area (Å²) in [7, 11) is 0. The van der Waals surface area contributed by atoms with E-state index in [2.05, 4.69) is 24.5 Å². The van der Waals surface area contributed by atoms with Crippen LogP contribution in [0.25, 0.3) is 28.3 Å². The lowest BCUT2D eigenvalue weighted by Gasteiger charge is -2.09. The van der Waals surface area contributed by atoms with E-state index in [1.54, 1.807) is 0 Å². The van der Waals surface area contributed by atoms with Crippen LogP contribution < -0.4 is 15.1 Å². The minimum atomic E-state index is -3.91. The van der Waals surface area contributed by atoms with Crippen molar-refractivity contribution in [1.29, 1.82) is 0 Å². The average Bonchev–Trinajstić information content (AvgIpc) is 3.30. The second-order valence-corrected chi connectivity index (χ2v) is 7.63. The predicted octanol–water partition coefficient (Wildman–Crippen LogP) is 4.83. The van der Waals surface area contributed by atoms with Crippen LogP contribution in [0.3, 0.4) is 0 Å². The Balaban J connectivity index is 1.78. The highest BCUT2D eigenvalue weighted by Gasteiger charge is 2.45. The van der Waals surface area contributed by atoms with Gasteiger partial charge in [0.05, 0.1) is 15.9 Å². The van der Waals surface area contributed by atoms with Crippen molar-refractivity contribution in [3.05, 3.63) is 57.2 Å². The summed E-state index contributed by atoms with van der Waals surface area (Å²) in [6, 6.07) is 4.98. The molecule has 0 amide bonds. The lowest BCUT2D eigenvalue weighted by Crippen LogP contribution is -2.26. The van der Waals surface area contributed by atoms with E-state index in [-0.39, 0.29) is 44.5 Å². The van der Waals surface area contributed by atoms with E-state index >= 15 is 0 Å². The van der Waals surface area contributed by atoms with E-state index in [0.717, 1.165) is 16.8 Å². The minimum absolute atomic E-state index is 0.0173. The summed E-state index contributed by atoms with van der Waals surface area (Å²) in [4.78, 5) is 21.0. The molecule has 0 spiro atoms. The molecule has 0 fully saturated rings.